The lowest BCUT2D eigenvalue weighted by Crippen LogP contribution is -2.15. The maximum atomic E-state index is 9.57. The molecule has 0 bridgehead atoms. The molecular formula is C10H11Cl2N3O. The lowest BCUT2D eigenvalue weighted by Gasteiger charge is -2.07. The van der Waals surface area contributed by atoms with Gasteiger partial charge in [-0.25, -0.2) is 4.68 Å². The second-order valence-corrected chi connectivity index (χ2v) is 4.40. The number of nitrogens with zero attached hydrogens (tertiary/aromatic N) is 3. The van der Waals surface area contributed by atoms with Crippen molar-refractivity contribution in [2.75, 3.05) is 0 Å². The minimum Gasteiger partial charge on any atom is -0.391 e. The van der Waals surface area contributed by atoms with Crippen molar-refractivity contribution in [1.82, 2.24) is 15.0 Å². The van der Waals surface area contributed by atoms with E-state index in [0.29, 0.717) is 28.5 Å². The van der Waals surface area contributed by atoms with Crippen molar-refractivity contribution in [3.8, 4) is 0 Å². The third kappa shape index (κ3) is 2.14. The zero-order valence-corrected chi connectivity index (χ0v) is 10.2. The van der Waals surface area contributed by atoms with Gasteiger partial charge in [-0.15, -0.1) is 5.10 Å². The van der Waals surface area contributed by atoms with Crippen LogP contribution in [0.25, 0.3) is 11.0 Å². The molecule has 0 saturated heterocycles. The van der Waals surface area contributed by atoms with Gasteiger partial charge in [-0.1, -0.05) is 35.3 Å². The highest BCUT2D eigenvalue weighted by atomic mass is 35.5. The topological polar surface area (TPSA) is 50.9 Å². The monoisotopic (exact) mass is 259 g/mol. The number of halogens is 2. The van der Waals surface area contributed by atoms with E-state index in [-0.39, 0.29) is 0 Å². The van der Waals surface area contributed by atoms with Crippen LogP contribution in [-0.4, -0.2) is 26.2 Å². The molecule has 86 valence electrons. The number of benzene rings is 1. The second-order valence-electron chi connectivity index (χ2n) is 3.59. The Kier molecular flexibility index (Phi) is 3.33. The molecule has 16 heavy (non-hydrogen) atoms. The zero-order chi connectivity index (χ0) is 11.7. The largest absolute Gasteiger partial charge is 0.391 e. The van der Waals surface area contributed by atoms with Crippen LogP contribution in [0.1, 0.15) is 13.3 Å². The Bertz CT molecular complexity index is 512. The summed E-state index contributed by atoms with van der Waals surface area (Å²) in [6, 6.07) is 3.38. The molecule has 1 aromatic heterocycles. The highest BCUT2D eigenvalue weighted by Gasteiger charge is 2.10. The van der Waals surface area contributed by atoms with Gasteiger partial charge >= 0.3 is 0 Å². The van der Waals surface area contributed by atoms with Crippen LogP contribution in [0.15, 0.2) is 12.1 Å². The van der Waals surface area contributed by atoms with Gasteiger partial charge in [-0.2, -0.15) is 0 Å². The predicted octanol–water partition coefficient (Wildman–Crippen LogP) is 2.51. The number of aliphatic hydroxyl groups excluding tert-OH is 1. The van der Waals surface area contributed by atoms with Gasteiger partial charge in [0.1, 0.15) is 5.52 Å². The van der Waals surface area contributed by atoms with Crippen LogP contribution >= 0.6 is 23.2 Å². The summed E-state index contributed by atoms with van der Waals surface area (Å²) in [4.78, 5) is 0. The second kappa shape index (κ2) is 4.57. The smallest absolute Gasteiger partial charge is 0.114 e. The Morgan fingerprint density at radius 2 is 2.06 bits per heavy atom. The van der Waals surface area contributed by atoms with E-state index in [1.807, 2.05) is 6.92 Å². The van der Waals surface area contributed by atoms with Gasteiger partial charge in [0, 0.05) is 0 Å². The molecule has 1 atom stereocenters. The molecule has 1 N–H and O–H groups in total. The standard InChI is InChI=1S/C10H11Cl2N3O/c1-2-6(16)5-15-10-4-8(12)7(11)3-9(10)13-14-15/h3-4,6,16H,2,5H2,1H3/t6-/m0/s1. The predicted molar refractivity (Wildman–Crippen MR) is 63.8 cm³/mol. The first-order valence-corrected chi connectivity index (χ1v) is 5.73. The van der Waals surface area contributed by atoms with Crippen LogP contribution in [0.3, 0.4) is 0 Å². The van der Waals surface area contributed by atoms with Crippen molar-refractivity contribution in [2.45, 2.75) is 26.0 Å². The van der Waals surface area contributed by atoms with E-state index in [0.717, 1.165) is 5.52 Å². The highest BCUT2D eigenvalue weighted by Crippen LogP contribution is 2.26. The van der Waals surface area contributed by atoms with Gasteiger partial charge in [0.2, 0.25) is 0 Å². The fourth-order valence-corrected chi connectivity index (χ4v) is 1.74. The van der Waals surface area contributed by atoms with E-state index in [2.05, 4.69) is 10.3 Å². The van der Waals surface area contributed by atoms with Crippen molar-refractivity contribution >= 4 is 34.2 Å². The summed E-state index contributed by atoms with van der Waals surface area (Å²) < 4.78 is 1.63. The van der Waals surface area contributed by atoms with Gasteiger partial charge < -0.3 is 5.11 Å². The molecule has 0 spiro atoms. The molecule has 2 aromatic rings. The number of aliphatic hydroxyl groups is 1. The number of fused-ring (bicyclic) bond motifs is 1. The fourth-order valence-electron chi connectivity index (χ4n) is 1.43. The Morgan fingerprint density at radius 1 is 1.38 bits per heavy atom. The molecule has 0 saturated carbocycles. The molecule has 0 fully saturated rings. The lowest BCUT2D eigenvalue weighted by atomic mass is 10.2. The van der Waals surface area contributed by atoms with Crippen molar-refractivity contribution in [3.63, 3.8) is 0 Å². The summed E-state index contributed by atoms with van der Waals surface area (Å²) in [6.07, 6.45) is 0.238. The van der Waals surface area contributed by atoms with Crippen molar-refractivity contribution in [1.29, 1.82) is 0 Å². The minimum atomic E-state index is -0.431. The van der Waals surface area contributed by atoms with Gasteiger partial charge in [-0.3, -0.25) is 0 Å². The van der Waals surface area contributed by atoms with Crippen LogP contribution in [0.5, 0.6) is 0 Å². The molecule has 1 aromatic carbocycles. The van der Waals surface area contributed by atoms with Crippen LogP contribution in [0.2, 0.25) is 10.0 Å². The first kappa shape index (κ1) is 11.6. The molecule has 0 aliphatic heterocycles. The van der Waals surface area contributed by atoms with Crippen molar-refractivity contribution < 1.29 is 5.11 Å². The first-order chi connectivity index (χ1) is 7.61. The average Bonchev–Trinajstić information content (AvgIpc) is 2.62. The summed E-state index contributed by atoms with van der Waals surface area (Å²) in [7, 11) is 0. The van der Waals surface area contributed by atoms with E-state index in [1.54, 1.807) is 16.8 Å². The summed E-state index contributed by atoms with van der Waals surface area (Å²) in [5, 5.41) is 18.4. The Morgan fingerprint density at radius 3 is 2.75 bits per heavy atom. The van der Waals surface area contributed by atoms with Crippen LogP contribution < -0.4 is 0 Å². The normalized spacial score (nSPS) is 13.2. The Labute approximate surface area is 103 Å². The molecule has 0 aliphatic rings. The SMILES string of the molecule is CC[C@H](O)Cn1nnc2cc(Cl)c(Cl)cc21. The molecule has 0 aliphatic carbocycles. The third-order valence-corrected chi connectivity index (χ3v) is 3.13. The summed E-state index contributed by atoms with van der Waals surface area (Å²) >= 11 is 11.8. The molecule has 0 unspecified atom stereocenters. The van der Waals surface area contributed by atoms with Gasteiger partial charge in [-0.05, 0) is 18.6 Å². The molecule has 0 amide bonds. The molecule has 2 rings (SSSR count). The van der Waals surface area contributed by atoms with E-state index < -0.39 is 6.10 Å². The maximum absolute atomic E-state index is 9.57. The molecule has 4 nitrogen and oxygen atoms in total. The minimum absolute atomic E-state index is 0.408. The quantitative estimate of drug-likeness (QED) is 0.922. The van der Waals surface area contributed by atoms with Crippen molar-refractivity contribution in [3.05, 3.63) is 22.2 Å². The van der Waals surface area contributed by atoms with Gasteiger partial charge in [0.05, 0.1) is 28.2 Å². The zero-order valence-electron chi connectivity index (χ0n) is 8.69. The van der Waals surface area contributed by atoms with E-state index in [4.69, 9.17) is 23.2 Å². The van der Waals surface area contributed by atoms with E-state index >= 15 is 0 Å². The van der Waals surface area contributed by atoms with Gasteiger partial charge in [0.25, 0.3) is 0 Å². The van der Waals surface area contributed by atoms with E-state index in [1.165, 1.54) is 0 Å². The number of rotatable bonds is 3. The van der Waals surface area contributed by atoms with E-state index in [9.17, 15) is 5.11 Å². The maximum Gasteiger partial charge on any atom is 0.114 e. The first-order valence-electron chi connectivity index (χ1n) is 4.98. The average molecular weight is 260 g/mol. The summed E-state index contributed by atoms with van der Waals surface area (Å²) in [5.74, 6) is 0. The molecule has 6 heteroatoms. The number of aromatic nitrogens is 3. The Hall–Kier alpha value is -0.840. The fraction of sp³-hybridized carbons (Fsp3) is 0.400. The van der Waals surface area contributed by atoms with Crippen LogP contribution in [0.4, 0.5) is 0 Å². The third-order valence-electron chi connectivity index (χ3n) is 2.41. The summed E-state index contributed by atoms with van der Waals surface area (Å²) in [5.41, 5.74) is 1.46. The van der Waals surface area contributed by atoms with Gasteiger partial charge in [0.15, 0.2) is 0 Å². The van der Waals surface area contributed by atoms with Crippen molar-refractivity contribution in [2.24, 2.45) is 0 Å². The molecule has 1 heterocycles. The van der Waals surface area contributed by atoms with Crippen LogP contribution in [-0.2, 0) is 6.54 Å². The number of hydrogen-bond acceptors (Lipinski definition) is 3. The highest BCUT2D eigenvalue weighted by molar-refractivity contribution is 6.42. The Balaban J connectivity index is 2.44. The summed E-state index contributed by atoms with van der Waals surface area (Å²) in [6.45, 7) is 2.32. The molecular weight excluding hydrogens is 249 g/mol. The number of hydrogen-bond donors (Lipinski definition) is 1. The molecule has 0 radical (unpaired) electrons. The lowest BCUT2D eigenvalue weighted by molar-refractivity contribution is 0.146. The van der Waals surface area contributed by atoms with Crippen LogP contribution in [0, 0.1) is 0 Å².